The molecule has 0 saturated heterocycles. The zero-order chi connectivity index (χ0) is 19.6. The third-order valence-corrected chi connectivity index (χ3v) is 4.43. The third-order valence-electron chi connectivity index (χ3n) is 4.43. The number of hydrogen-bond acceptors (Lipinski definition) is 4. The molecule has 0 aliphatic carbocycles. The quantitative estimate of drug-likeness (QED) is 0.659. The first-order valence-corrected chi connectivity index (χ1v) is 8.37. The van der Waals surface area contributed by atoms with E-state index in [0.29, 0.717) is 17.0 Å². The molecule has 0 fully saturated rings. The van der Waals surface area contributed by atoms with E-state index in [1.165, 1.54) is 25.4 Å². The molecule has 1 heterocycles. The van der Waals surface area contributed by atoms with Crippen LogP contribution in [0.5, 0.6) is 11.5 Å². The minimum Gasteiger partial charge on any atom is -0.507 e. The number of carbonyl (C=O) groups is 1. The molecule has 0 unspecified atom stereocenters. The van der Waals surface area contributed by atoms with Crippen molar-refractivity contribution in [2.75, 3.05) is 12.4 Å². The molecular formula is C21H20N2O4. The number of anilines is 1. The predicted octanol–water partition coefficient (Wildman–Crippen LogP) is 3.63. The molecule has 1 amide bonds. The topological polar surface area (TPSA) is 91.4 Å². The van der Waals surface area contributed by atoms with Crippen LogP contribution in [-0.2, 0) is 0 Å². The third kappa shape index (κ3) is 3.84. The van der Waals surface area contributed by atoms with Gasteiger partial charge in [0.1, 0.15) is 11.5 Å². The monoisotopic (exact) mass is 364 g/mol. The number of rotatable bonds is 4. The van der Waals surface area contributed by atoms with Gasteiger partial charge in [-0.3, -0.25) is 9.59 Å². The van der Waals surface area contributed by atoms with E-state index in [-0.39, 0.29) is 16.9 Å². The number of H-pyrrole nitrogens is 1. The van der Waals surface area contributed by atoms with Gasteiger partial charge in [-0.2, -0.15) is 0 Å². The van der Waals surface area contributed by atoms with Crippen molar-refractivity contribution in [3.05, 3.63) is 75.7 Å². The highest BCUT2D eigenvalue weighted by atomic mass is 16.5. The van der Waals surface area contributed by atoms with Gasteiger partial charge >= 0.3 is 0 Å². The average Bonchev–Trinajstić information content (AvgIpc) is 2.65. The first kappa shape index (κ1) is 18.3. The number of methoxy groups -OCH3 is 1. The molecule has 0 atom stereocenters. The fourth-order valence-electron chi connectivity index (χ4n) is 2.71. The van der Waals surface area contributed by atoms with Crippen molar-refractivity contribution >= 4 is 11.6 Å². The number of nitrogens with one attached hydrogen (secondary N) is 2. The smallest absolute Gasteiger partial charge is 0.259 e. The first-order valence-electron chi connectivity index (χ1n) is 8.37. The summed E-state index contributed by atoms with van der Waals surface area (Å²) in [7, 11) is 1.48. The highest BCUT2D eigenvalue weighted by Gasteiger charge is 2.14. The Morgan fingerprint density at radius 2 is 1.85 bits per heavy atom. The van der Waals surface area contributed by atoms with Gasteiger partial charge in [-0.05, 0) is 48.7 Å². The van der Waals surface area contributed by atoms with Crippen LogP contribution in [0.2, 0.25) is 0 Å². The molecule has 2 aromatic carbocycles. The second-order valence-corrected chi connectivity index (χ2v) is 6.27. The Bertz CT molecular complexity index is 1070. The van der Waals surface area contributed by atoms with E-state index in [4.69, 9.17) is 4.74 Å². The maximum absolute atomic E-state index is 12.5. The van der Waals surface area contributed by atoms with Crippen molar-refractivity contribution in [1.29, 1.82) is 0 Å². The summed E-state index contributed by atoms with van der Waals surface area (Å²) < 4.78 is 5.01. The lowest BCUT2D eigenvalue weighted by Gasteiger charge is -2.10. The summed E-state index contributed by atoms with van der Waals surface area (Å²) in [6, 6.07) is 11.8. The molecule has 6 nitrogen and oxygen atoms in total. The van der Waals surface area contributed by atoms with E-state index in [0.717, 1.165) is 16.7 Å². The van der Waals surface area contributed by atoms with Gasteiger partial charge in [0.05, 0.1) is 18.4 Å². The summed E-state index contributed by atoms with van der Waals surface area (Å²) >= 11 is 0. The molecule has 0 aliphatic heterocycles. The van der Waals surface area contributed by atoms with Crippen LogP contribution in [0.1, 0.15) is 21.5 Å². The summed E-state index contributed by atoms with van der Waals surface area (Å²) in [4.78, 5) is 27.3. The van der Waals surface area contributed by atoms with Gasteiger partial charge in [-0.15, -0.1) is 0 Å². The number of aromatic nitrogens is 1. The van der Waals surface area contributed by atoms with Gasteiger partial charge in [0.15, 0.2) is 0 Å². The van der Waals surface area contributed by atoms with Gasteiger partial charge < -0.3 is 20.1 Å². The van der Waals surface area contributed by atoms with Crippen LogP contribution < -0.4 is 15.6 Å². The SMILES string of the molecule is COc1ccc(C(=O)Nc2c[nH]c(=O)c(-c3ccc(C)c(C)c3)c2)c(O)c1. The molecule has 0 bridgehead atoms. The summed E-state index contributed by atoms with van der Waals surface area (Å²) in [5.74, 6) is -0.232. The number of aromatic hydroxyl groups is 1. The molecular weight excluding hydrogens is 344 g/mol. The number of phenols is 1. The lowest BCUT2D eigenvalue weighted by Crippen LogP contribution is -2.15. The number of amides is 1. The minimum atomic E-state index is -0.492. The number of pyridine rings is 1. The molecule has 0 saturated carbocycles. The van der Waals surface area contributed by atoms with Crippen molar-refractivity contribution in [1.82, 2.24) is 4.98 Å². The Labute approximate surface area is 156 Å². The minimum absolute atomic E-state index is 0.106. The zero-order valence-corrected chi connectivity index (χ0v) is 15.3. The standard InChI is InChI=1S/C21H20N2O4/c1-12-4-5-14(8-13(12)2)18-9-15(11-22-20(18)25)23-21(26)17-7-6-16(27-3)10-19(17)24/h4-11,24H,1-3H3,(H,22,25)(H,23,26). The molecule has 0 aliphatic rings. The lowest BCUT2D eigenvalue weighted by molar-refractivity contribution is 0.102. The summed E-state index contributed by atoms with van der Waals surface area (Å²) in [5.41, 5.74) is 3.71. The molecule has 0 radical (unpaired) electrons. The fourth-order valence-corrected chi connectivity index (χ4v) is 2.71. The fraction of sp³-hybridized carbons (Fsp3) is 0.143. The van der Waals surface area contributed by atoms with Crippen LogP contribution in [0.25, 0.3) is 11.1 Å². The second-order valence-electron chi connectivity index (χ2n) is 6.27. The zero-order valence-electron chi connectivity index (χ0n) is 15.3. The normalized spacial score (nSPS) is 10.5. The van der Waals surface area contributed by atoms with Crippen LogP contribution in [0, 0.1) is 13.8 Å². The van der Waals surface area contributed by atoms with Crippen LogP contribution in [0.4, 0.5) is 5.69 Å². The molecule has 3 N–H and O–H groups in total. The largest absolute Gasteiger partial charge is 0.507 e. The number of phenolic OH excluding ortho intramolecular Hbond substituents is 1. The van der Waals surface area contributed by atoms with Crippen molar-refractivity contribution in [3.63, 3.8) is 0 Å². The lowest BCUT2D eigenvalue weighted by atomic mass is 10.0. The number of ether oxygens (including phenoxy) is 1. The van der Waals surface area contributed by atoms with E-state index in [2.05, 4.69) is 10.3 Å². The number of carbonyl (C=O) groups excluding carboxylic acids is 1. The van der Waals surface area contributed by atoms with Gasteiger partial charge in [0.2, 0.25) is 0 Å². The van der Waals surface area contributed by atoms with Crippen molar-refractivity contribution < 1.29 is 14.6 Å². The van der Waals surface area contributed by atoms with Crippen molar-refractivity contribution in [3.8, 4) is 22.6 Å². The number of aromatic amines is 1. The molecule has 138 valence electrons. The molecule has 3 rings (SSSR count). The second kappa shape index (κ2) is 7.37. The van der Waals surface area contributed by atoms with Gasteiger partial charge in [0, 0.05) is 17.8 Å². The predicted molar refractivity (Wildman–Crippen MR) is 105 cm³/mol. The Hall–Kier alpha value is -3.54. The van der Waals surface area contributed by atoms with Crippen LogP contribution >= 0.6 is 0 Å². The van der Waals surface area contributed by atoms with Gasteiger partial charge in [-0.25, -0.2) is 0 Å². The van der Waals surface area contributed by atoms with Gasteiger partial charge in [-0.1, -0.05) is 18.2 Å². The van der Waals surface area contributed by atoms with E-state index >= 15 is 0 Å². The summed E-state index contributed by atoms with van der Waals surface area (Å²) in [5, 5.41) is 12.7. The van der Waals surface area contributed by atoms with Crippen molar-refractivity contribution in [2.24, 2.45) is 0 Å². The Morgan fingerprint density at radius 1 is 1.07 bits per heavy atom. The summed E-state index contributed by atoms with van der Waals surface area (Å²) in [6.45, 7) is 3.98. The van der Waals surface area contributed by atoms with E-state index in [9.17, 15) is 14.7 Å². The highest BCUT2D eigenvalue weighted by Crippen LogP contribution is 2.25. The highest BCUT2D eigenvalue weighted by molar-refractivity contribution is 6.06. The maximum atomic E-state index is 12.5. The Morgan fingerprint density at radius 3 is 2.52 bits per heavy atom. The van der Waals surface area contributed by atoms with E-state index < -0.39 is 5.91 Å². The Kier molecular flexibility index (Phi) is 4.98. The number of benzene rings is 2. The van der Waals surface area contributed by atoms with Crippen LogP contribution in [0.3, 0.4) is 0 Å². The van der Waals surface area contributed by atoms with E-state index in [1.807, 2.05) is 32.0 Å². The van der Waals surface area contributed by atoms with Crippen molar-refractivity contribution in [2.45, 2.75) is 13.8 Å². The molecule has 6 heteroatoms. The molecule has 27 heavy (non-hydrogen) atoms. The molecule has 3 aromatic rings. The van der Waals surface area contributed by atoms with Gasteiger partial charge in [0.25, 0.3) is 11.5 Å². The molecule has 1 aromatic heterocycles. The van der Waals surface area contributed by atoms with Crippen LogP contribution in [-0.4, -0.2) is 23.1 Å². The van der Waals surface area contributed by atoms with E-state index in [1.54, 1.807) is 12.1 Å². The average molecular weight is 364 g/mol. The number of aryl methyl sites for hydroxylation is 2. The first-order chi connectivity index (χ1) is 12.9. The maximum Gasteiger partial charge on any atom is 0.259 e. The summed E-state index contributed by atoms with van der Waals surface area (Å²) in [6.07, 6.45) is 1.42. The number of hydrogen-bond donors (Lipinski definition) is 3. The Balaban J connectivity index is 1.91. The molecule has 0 spiro atoms. The van der Waals surface area contributed by atoms with Crippen LogP contribution in [0.15, 0.2) is 53.5 Å².